The predicted octanol–water partition coefficient (Wildman–Crippen LogP) is 7.20. The summed E-state index contributed by atoms with van der Waals surface area (Å²) in [6.45, 7) is 2.73. The van der Waals surface area contributed by atoms with E-state index in [9.17, 15) is 14.4 Å². The number of hydrogen-bond acceptors (Lipinski definition) is 6. The highest BCUT2D eigenvalue weighted by Gasteiger charge is 2.37. The second-order valence-electron chi connectivity index (χ2n) is 9.68. The number of aryl methyl sites for hydroxylation is 1. The fraction of sp³-hybridized carbons (Fsp3) is 0.121. The van der Waals surface area contributed by atoms with E-state index in [1.165, 1.54) is 13.2 Å². The number of benzene rings is 4. The summed E-state index contributed by atoms with van der Waals surface area (Å²) in [4.78, 5) is 39.8. The molecular formula is C33H26BrIN2O6. The molecule has 0 unspecified atom stereocenters. The van der Waals surface area contributed by atoms with Gasteiger partial charge in [-0.15, -0.1) is 0 Å². The van der Waals surface area contributed by atoms with Gasteiger partial charge in [-0.25, -0.2) is 9.69 Å². The first-order chi connectivity index (χ1) is 20.7. The molecule has 1 N–H and O–H groups in total. The van der Waals surface area contributed by atoms with E-state index in [2.05, 4.69) is 43.8 Å². The lowest BCUT2D eigenvalue weighted by Gasteiger charge is -2.26. The van der Waals surface area contributed by atoms with E-state index in [4.69, 9.17) is 14.2 Å². The van der Waals surface area contributed by atoms with Crippen molar-refractivity contribution in [1.82, 2.24) is 5.32 Å². The number of ether oxygens (including phenoxy) is 3. The molecule has 0 bridgehead atoms. The lowest BCUT2D eigenvalue weighted by Crippen LogP contribution is -2.54. The highest BCUT2D eigenvalue weighted by Crippen LogP contribution is 2.36. The number of rotatable bonds is 9. The molecule has 43 heavy (non-hydrogen) atoms. The lowest BCUT2D eigenvalue weighted by atomic mass is 10.1. The number of anilines is 1. The molecule has 5 rings (SSSR count). The predicted molar refractivity (Wildman–Crippen MR) is 175 cm³/mol. The maximum absolute atomic E-state index is 13.4. The molecule has 4 aromatic carbocycles. The zero-order valence-electron chi connectivity index (χ0n) is 23.2. The highest BCUT2D eigenvalue weighted by atomic mass is 127. The molecule has 218 valence electrons. The van der Waals surface area contributed by atoms with E-state index >= 15 is 0 Å². The Balaban J connectivity index is 1.33. The Morgan fingerprint density at radius 3 is 2.14 bits per heavy atom. The number of barbiturate groups is 1. The second kappa shape index (κ2) is 13.4. The highest BCUT2D eigenvalue weighted by molar-refractivity contribution is 14.1. The van der Waals surface area contributed by atoms with Gasteiger partial charge in [0.05, 0.1) is 16.4 Å². The smallest absolute Gasteiger partial charge is 0.335 e. The first-order valence-corrected chi connectivity index (χ1v) is 15.0. The number of carbonyl (C=O) groups excluding carboxylic acids is 3. The van der Waals surface area contributed by atoms with Gasteiger partial charge in [-0.3, -0.25) is 14.9 Å². The van der Waals surface area contributed by atoms with Crippen molar-refractivity contribution in [3.63, 3.8) is 0 Å². The molecule has 0 radical (unpaired) electrons. The van der Waals surface area contributed by atoms with Gasteiger partial charge >= 0.3 is 6.03 Å². The van der Waals surface area contributed by atoms with Gasteiger partial charge < -0.3 is 14.2 Å². The summed E-state index contributed by atoms with van der Waals surface area (Å²) < 4.78 is 19.2. The van der Waals surface area contributed by atoms with E-state index in [1.54, 1.807) is 36.4 Å². The molecule has 0 atom stereocenters. The van der Waals surface area contributed by atoms with Gasteiger partial charge in [0.15, 0.2) is 11.5 Å². The van der Waals surface area contributed by atoms with Crippen LogP contribution in [-0.2, 0) is 22.8 Å². The van der Waals surface area contributed by atoms with Crippen molar-refractivity contribution >= 4 is 68.1 Å². The zero-order chi connectivity index (χ0) is 30.5. The first kappa shape index (κ1) is 30.3. The Morgan fingerprint density at radius 1 is 0.860 bits per heavy atom. The summed E-state index contributed by atoms with van der Waals surface area (Å²) in [7, 11) is 1.52. The minimum absolute atomic E-state index is 0.193. The minimum atomic E-state index is -0.831. The molecule has 1 saturated heterocycles. The fourth-order valence-corrected chi connectivity index (χ4v) is 5.35. The zero-order valence-corrected chi connectivity index (χ0v) is 27.0. The summed E-state index contributed by atoms with van der Waals surface area (Å²) in [5.41, 5.74) is 3.79. The van der Waals surface area contributed by atoms with Crippen LogP contribution >= 0.6 is 38.5 Å². The van der Waals surface area contributed by atoms with Crippen LogP contribution in [0.25, 0.3) is 6.08 Å². The summed E-state index contributed by atoms with van der Waals surface area (Å²) in [6.07, 6.45) is 1.43. The Kier molecular flexibility index (Phi) is 9.46. The number of imide groups is 2. The molecule has 0 spiro atoms. The maximum Gasteiger partial charge on any atom is 0.335 e. The van der Waals surface area contributed by atoms with Crippen molar-refractivity contribution in [3.8, 4) is 17.2 Å². The number of carbonyl (C=O) groups is 3. The monoisotopic (exact) mass is 752 g/mol. The van der Waals surface area contributed by atoms with Crippen LogP contribution in [0.5, 0.6) is 17.2 Å². The van der Waals surface area contributed by atoms with Crippen molar-refractivity contribution in [2.75, 3.05) is 12.0 Å². The molecular weight excluding hydrogens is 727 g/mol. The lowest BCUT2D eigenvalue weighted by molar-refractivity contribution is -0.122. The van der Waals surface area contributed by atoms with Crippen LogP contribution < -0.4 is 24.4 Å². The normalized spacial score (nSPS) is 14.1. The molecule has 0 aliphatic carbocycles. The summed E-state index contributed by atoms with van der Waals surface area (Å²) in [6, 6.07) is 24.9. The first-order valence-electron chi connectivity index (χ1n) is 13.2. The van der Waals surface area contributed by atoms with Crippen LogP contribution in [0.3, 0.4) is 0 Å². The molecule has 1 aliphatic rings. The molecule has 1 aliphatic heterocycles. The van der Waals surface area contributed by atoms with E-state index < -0.39 is 17.8 Å². The third kappa shape index (κ3) is 7.26. The average Bonchev–Trinajstić information content (AvgIpc) is 2.99. The standard InChI is InChI=1S/C33H26BrIN2O6/c1-20-3-5-21(6-4-20)19-43-30-28(35)16-23(17-29(30)41-2)15-27-31(38)36-33(40)37(32(27)39)25-11-13-26(14-12-25)42-18-22-7-9-24(34)10-8-22/h3-17H,18-19H2,1-2H3,(H,36,38,40)/b27-15+. The van der Waals surface area contributed by atoms with Gasteiger partial charge in [0.1, 0.15) is 24.5 Å². The van der Waals surface area contributed by atoms with Crippen LogP contribution in [-0.4, -0.2) is 25.0 Å². The van der Waals surface area contributed by atoms with Crippen molar-refractivity contribution in [2.24, 2.45) is 0 Å². The van der Waals surface area contributed by atoms with Crippen LogP contribution in [0.4, 0.5) is 10.5 Å². The van der Waals surface area contributed by atoms with Gasteiger partial charge in [-0.1, -0.05) is 57.9 Å². The number of hydrogen-bond donors (Lipinski definition) is 1. The van der Waals surface area contributed by atoms with Crippen molar-refractivity contribution in [3.05, 3.63) is 121 Å². The molecule has 8 nitrogen and oxygen atoms in total. The van der Waals surface area contributed by atoms with Gasteiger partial charge in [0, 0.05) is 4.47 Å². The Labute approximate surface area is 270 Å². The Hall–Kier alpha value is -4.16. The molecule has 4 aromatic rings. The van der Waals surface area contributed by atoms with E-state index in [-0.39, 0.29) is 5.57 Å². The second-order valence-corrected chi connectivity index (χ2v) is 11.8. The Morgan fingerprint density at radius 2 is 1.49 bits per heavy atom. The minimum Gasteiger partial charge on any atom is -0.493 e. The SMILES string of the molecule is COc1cc(/C=C2\C(=O)NC(=O)N(c3ccc(OCc4ccc(Br)cc4)cc3)C2=O)cc(I)c1OCc1ccc(C)cc1. The molecule has 10 heteroatoms. The van der Waals surface area contributed by atoms with Crippen LogP contribution in [0, 0.1) is 10.5 Å². The number of nitrogens with zero attached hydrogens (tertiary/aromatic N) is 1. The topological polar surface area (TPSA) is 94.2 Å². The quantitative estimate of drug-likeness (QED) is 0.111. The summed E-state index contributed by atoms with van der Waals surface area (Å²) in [5.74, 6) is 0.0285. The summed E-state index contributed by atoms with van der Waals surface area (Å²) >= 11 is 5.53. The maximum atomic E-state index is 13.4. The van der Waals surface area contributed by atoms with Gasteiger partial charge in [-0.2, -0.15) is 0 Å². The molecule has 1 fully saturated rings. The van der Waals surface area contributed by atoms with Gasteiger partial charge in [-0.05, 0) is 101 Å². The molecule has 1 heterocycles. The van der Waals surface area contributed by atoms with E-state index in [1.807, 2.05) is 55.5 Å². The van der Waals surface area contributed by atoms with Gasteiger partial charge in [0.25, 0.3) is 11.8 Å². The van der Waals surface area contributed by atoms with Crippen molar-refractivity contribution < 1.29 is 28.6 Å². The van der Waals surface area contributed by atoms with Crippen LogP contribution in [0.15, 0.2) is 95.0 Å². The number of methoxy groups -OCH3 is 1. The van der Waals surface area contributed by atoms with Crippen LogP contribution in [0.2, 0.25) is 0 Å². The Bertz CT molecular complexity index is 1700. The molecule has 0 saturated carbocycles. The number of nitrogens with one attached hydrogen (secondary N) is 1. The van der Waals surface area contributed by atoms with Crippen molar-refractivity contribution in [1.29, 1.82) is 0 Å². The summed E-state index contributed by atoms with van der Waals surface area (Å²) in [5, 5.41) is 2.26. The number of halogens is 2. The van der Waals surface area contributed by atoms with E-state index in [0.29, 0.717) is 41.7 Å². The van der Waals surface area contributed by atoms with E-state index in [0.717, 1.165) is 29.6 Å². The largest absolute Gasteiger partial charge is 0.493 e. The fourth-order valence-electron chi connectivity index (χ4n) is 4.30. The molecule has 0 aromatic heterocycles. The third-order valence-electron chi connectivity index (χ3n) is 6.58. The third-order valence-corrected chi connectivity index (χ3v) is 7.91. The van der Waals surface area contributed by atoms with Gasteiger partial charge in [0.2, 0.25) is 0 Å². The van der Waals surface area contributed by atoms with Crippen LogP contribution in [0.1, 0.15) is 22.3 Å². The number of amides is 4. The van der Waals surface area contributed by atoms with Crippen molar-refractivity contribution in [2.45, 2.75) is 20.1 Å². The average molecular weight is 753 g/mol. The molecule has 4 amide bonds. The number of urea groups is 1.